The summed E-state index contributed by atoms with van der Waals surface area (Å²) in [7, 11) is 1.32. The molecule has 1 N–H and O–H groups in total. The molecule has 0 aliphatic carbocycles. The Balaban J connectivity index is 1.59. The first-order valence-corrected chi connectivity index (χ1v) is 9.04. The number of esters is 1. The Morgan fingerprint density at radius 3 is 2.77 bits per heavy atom. The van der Waals surface area contributed by atoms with Gasteiger partial charge >= 0.3 is 11.8 Å². The highest BCUT2D eigenvalue weighted by molar-refractivity contribution is 5.91. The van der Waals surface area contributed by atoms with Crippen molar-refractivity contribution in [1.82, 2.24) is 19.6 Å². The second-order valence-corrected chi connectivity index (χ2v) is 6.50. The van der Waals surface area contributed by atoms with E-state index < -0.39 is 10.9 Å². The zero-order chi connectivity index (χ0) is 21.7. The van der Waals surface area contributed by atoms with Gasteiger partial charge in [0, 0.05) is 12.6 Å². The summed E-state index contributed by atoms with van der Waals surface area (Å²) >= 11 is 0. The second-order valence-electron chi connectivity index (χ2n) is 6.50. The SMILES string of the molecule is COC(=O)c1ccccc1Cn1cc(NC(=O)CCn2nc([N+](=O)[O-])cc2C)cn1. The van der Waals surface area contributed by atoms with E-state index in [0.29, 0.717) is 23.5 Å². The molecule has 1 aromatic carbocycles. The predicted molar refractivity (Wildman–Crippen MR) is 106 cm³/mol. The summed E-state index contributed by atoms with van der Waals surface area (Å²) in [6.45, 7) is 2.23. The summed E-state index contributed by atoms with van der Waals surface area (Å²) in [6, 6.07) is 8.40. The highest BCUT2D eigenvalue weighted by atomic mass is 16.6. The Kier molecular flexibility index (Phi) is 6.20. The number of nitro groups is 1. The van der Waals surface area contributed by atoms with Crippen LogP contribution in [0.5, 0.6) is 0 Å². The number of aryl methyl sites for hydroxylation is 2. The van der Waals surface area contributed by atoms with Gasteiger partial charge in [0.1, 0.15) is 0 Å². The fourth-order valence-corrected chi connectivity index (χ4v) is 2.90. The van der Waals surface area contributed by atoms with Gasteiger partial charge in [0.15, 0.2) is 0 Å². The molecule has 0 aliphatic heterocycles. The van der Waals surface area contributed by atoms with Crippen molar-refractivity contribution in [3.8, 4) is 0 Å². The number of hydrogen-bond donors (Lipinski definition) is 1. The van der Waals surface area contributed by atoms with Crippen LogP contribution in [0.2, 0.25) is 0 Å². The number of methoxy groups -OCH3 is 1. The Morgan fingerprint density at radius 2 is 2.07 bits per heavy atom. The molecule has 0 fully saturated rings. The molecule has 0 unspecified atom stereocenters. The van der Waals surface area contributed by atoms with Crippen LogP contribution in [0.3, 0.4) is 0 Å². The first-order chi connectivity index (χ1) is 14.4. The van der Waals surface area contributed by atoms with Gasteiger partial charge in [-0.25, -0.2) is 4.79 Å². The van der Waals surface area contributed by atoms with Crippen molar-refractivity contribution in [2.75, 3.05) is 12.4 Å². The quantitative estimate of drug-likeness (QED) is 0.340. The van der Waals surface area contributed by atoms with Gasteiger partial charge in [-0.2, -0.15) is 9.78 Å². The summed E-state index contributed by atoms with van der Waals surface area (Å²) in [6.07, 6.45) is 3.24. The Labute approximate surface area is 171 Å². The minimum Gasteiger partial charge on any atom is -0.465 e. The van der Waals surface area contributed by atoms with E-state index >= 15 is 0 Å². The van der Waals surface area contributed by atoms with Crippen molar-refractivity contribution in [2.24, 2.45) is 0 Å². The summed E-state index contributed by atoms with van der Waals surface area (Å²) in [5.41, 5.74) is 2.29. The molecule has 156 valence electrons. The van der Waals surface area contributed by atoms with E-state index in [1.807, 2.05) is 6.07 Å². The number of nitrogens with zero attached hydrogens (tertiary/aromatic N) is 5. The molecule has 0 atom stereocenters. The van der Waals surface area contributed by atoms with Crippen molar-refractivity contribution in [3.63, 3.8) is 0 Å². The van der Waals surface area contributed by atoms with Crippen LogP contribution < -0.4 is 5.32 Å². The zero-order valence-electron chi connectivity index (χ0n) is 16.4. The standard InChI is InChI=1S/C19H20N6O5/c1-13-9-17(25(28)29)22-24(13)8-7-18(26)21-15-10-20-23(12-15)11-14-5-3-4-6-16(14)19(27)30-2/h3-6,9-10,12H,7-8,11H2,1-2H3,(H,21,26). The van der Waals surface area contributed by atoms with E-state index in [1.165, 1.54) is 24.1 Å². The fourth-order valence-electron chi connectivity index (χ4n) is 2.90. The molecule has 2 aromatic heterocycles. The number of nitrogens with one attached hydrogen (secondary N) is 1. The van der Waals surface area contributed by atoms with E-state index in [1.54, 1.807) is 36.0 Å². The number of ether oxygens (including phenoxy) is 1. The molecule has 2 heterocycles. The van der Waals surface area contributed by atoms with E-state index in [2.05, 4.69) is 15.5 Å². The first kappa shape index (κ1) is 20.7. The third-order valence-electron chi connectivity index (χ3n) is 4.38. The van der Waals surface area contributed by atoms with Crippen molar-refractivity contribution < 1.29 is 19.2 Å². The molecule has 3 rings (SSSR count). The molecule has 0 radical (unpaired) electrons. The van der Waals surface area contributed by atoms with Crippen LogP contribution in [0.1, 0.15) is 28.0 Å². The third kappa shape index (κ3) is 4.87. The molecule has 1 amide bonds. The number of carbonyl (C=O) groups excluding carboxylic acids is 2. The number of amides is 1. The smallest absolute Gasteiger partial charge is 0.390 e. The van der Waals surface area contributed by atoms with Gasteiger partial charge in [0.2, 0.25) is 5.91 Å². The third-order valence-corrected chi connectivity index (χ3v) is 4.38. The topological polar surface area (TPSA) is 134 Å². The minimum atomic E-state index is -0.573. The van der Waals surface area contributed by atoms with Gasteiger partial charge in [0.05, 0.1) is 54.5 Å². The molecular weight excluding hydrogens is 392 g/mol. The lowest BCUT2D eigenvalue weighted by Gasteiger charge is -2.07. The summed E-state index contributed by atoms with van der Waals surface area (Å²) in [5.74, 6) is -0.955. The highest BCUT2D eigenvalue weighted by Crippen LogP contribution is 2.14. The lowest BCUT2D eigenvalue weighted by Crippen LogP contribution is -2.15. The van der Waals surface area contributed by atoms with Crippen LogP contribution in [0, 0.1) is 17.0 Å². The number of carbonyl (C=O) groups is 2. The summed E-state index contributed by atoms with van der Waals surface area (Å²) < 4.78 is 7.81. The fraction of sp³-hybridized carbons (Fsp3) is 0.263. The number of hydrogen-bond acceptors (Lipinski definition) is 7. The highest BCUT2D eigenvalue weighted by Gasteiger charge is 2.16. The van der Waals surface area contributed by atoms with Gasteiger partial charge in [-0.05, 0) is 23.5 Å². The normalized spacial score (nSPS) is 10.6. The van der Waals surface area contributed by atoms with Crippen LogP contribution in [0.15, 0.2) is 42.7 Å². The molecule has 11 heteroatoms. The van der Waals surface area contributed by atoms with E-state index in [-0.39, 0.29) is 24.7 Å². The first-order valence-electron chi connectivity index (χ1n) is 9.04. The zero-order valence-corrected chi connectivity index (χ0v) is 16.4. The lowest BCUT2D eigenvalue weighted by atomic mass is 10.1. The molecule has 0 saturated carbocycles. The number of anilines is 1. The van der Waals surface area contributed by atoms with Gasteiger partial charge in [-0.1, -0.05) is 18.2 Å². The minimum absolute atomic E-state index is 0.0933. The second kappa shape index (κ2) is 8.99. The van der Waals surface area contributed by atoms with Gasteiger partial charge in [-0.3, -0.25) is 9.48 Å². The maximum Gasteiger partial charge on any atom is 0.390 e. The average Bonchev–Trinajstić information content (AvgIpc) is 3.32. The number of aromatic nitrogens is 4. The van der Waals surface area contributed by atoms with Crippen molar-refractivity contribution in [3.05, 3.63) is 69.7 Å². The largest absolute Gasteiger partial charge is 0.465 e. The van der Waals surface area contributed by atoms with Gasteiger partial charge in [-0.15, -0.1) is 0 Å². The molecule has 30 heavy (non-hydrogen) atoms. The average molecular weight is 412 g/mol. The van der Waals surface area contributed by atoms with Crippen LogP contribution in [0.25, 0.3) is 0 Å². The van der Waals surface area contributed by atoms with E-state index in [0.717, 1.165) is 5.56 Å². The van der Waals surface area contributed by atoms with E-state index in [9.17, 15) is 19.7 Å². The summed E-state index contributed by atoms with van der Waals surface area (Å²) in [5, 5.41) is 21.6. The predicted octanol–water partition coefficient (Wildman–Crippen LogP) is 2.16. The van der Waals surface area contributed by atoms with Crippen LogP contribution >= 0.6 is 0 Å². The van der Waals surface area contributed by atoms with Crippen molar-refractivity contribution >= 4 is 23.4 Å². The monoisotopic (exact) mass is 412 g/mol. The Bertz CT molecular complexity index is 1090. The molecule has 11 nitrogen and oxygen atoms in total. The summed E-state index contributed by atoms with van der Waals surface area (Å²) in [4.78, 5) is 34.3. The molecule has 0 bridgehead atoms. The molecule has 0 spiro atoms. The Hall–Kier alpha value is -4.02. The van der Waals surface area contributed by atoms with Crippen LogP contribution in [-0.4, -0.2) is 43.5 Å². The van der Waals surface area contributed by atoms with Gasteiger partial charge in [0.25, 0.3) is 0 Å². The number of rotatable bonds is 8. The van der Waals surface area contributed by atoms with Crippen LogP contribution in [-0.2, 0) is 22.6 Å². The van der Waals surface area contributed by atoms with Crippen molar-refractivity contribution in [2.45, 2.75) is 26.4 Å². The molecule has 0 saturated heterocycles. The maximum absolute atomic E-state index is 12.2. The van der Waals surface area contributed by atoms with Crippen molar-refractivity contribution in [1.29, 1.82) is 0 Å². The Morgan fingerprint density at radius 1 is 1.30 bits per heavy atom. The number of benzene rings is 1. The lowest BCUT2D eigenvalue weighted by molar-refractivity contribution is -0.389. The molecular formula is C19H20N6O5. The maximum atomic E-state index is 12.2. The molecule has 0 aliphatic rings. The van der Waals surface area contributed by atoms with E-state index in [4.69, 9.17) is 4.74 Å². The van der Waals surface area contributed by atoms with Gasteiger partial charge < -0.3 is 20.2 Å². The molecule has 3 aromatic rings. The van der Waals surface area contributed by atoms with Crippen LogP contribution in [0.4, 0.5) is 11.5 Å².